The Kier molecular flexibility index (Phi) is 1.30. The highest BCUT2D eigenvalue weighted by atomic mass is 16.4. The van der Waals surface area contributed by atoms with Crippen molar-refractivity contribution in [3.8, 4) is 0 Å². The van der Waals surface area contributed by atoms with Gasteiger partial charge >= 0.3 is 5.97 Å². The molecule has 1 aromatic rings. The van der Waals surface area contributed by atoms with Crippen molar-refractivity contribution in [1.82, 2.24) is 4.57 Å². The number of carboxylic acids is 1. The third-order valence-corrected chi connectivity index (χ3v) is 2.05. The van der Waals surface area contributed by atoms with E-state index in [4.69, 9.17) is 5.11 Å². The molecule has 1 aliphatic rings. The molecule has 2 rings (SSSR count). The van der Waals surface area contributed by atoms with Crippen molar-refractivity contribution in [3.05, 3.63) is 23.5 Å². The van der Waals surface area contributed by atoms with Gasteiger partial charge in [0.15, 0.2) is 5.78 Å². The van der Waals surface area contributed by atoms with Gasteiger partial charge in [0.2, 0.25) is 0 Å². The molecular weight excluding hydrogens is 158 g/mol. The minimum atomic E-state index is -0.976. The Morgan fingerprint density at radius 3 is 2.92 bits per heavy atom. The van der Waals surface area contributed by atoms with Gasteiger partial charge < -0.3 is 9.67 Å². The smallest absolute Gasteiger partial charge is 0.352 e. The summed E-state index contributed by atoms with van der Waals surface area (Å²) in [5.74, 6) is -0.946. The second-order valence-corrected chi connectivity index (χ2v) is 2.73. The van der Waals surface area contributed by atoms with E-state index in [2.05, 4.69) is 0 Å². The third-order valence-electron chi connectivity index (χ3n) is 2.05. The number of Topliss-reactive ketones (excluding diaryl/α,β-unsaturated/α-hetero) is 1. The topological polar surface area (TPSA) is 59.3 Å². The molecule has 0 saturated heterocycles. The van der Waals surface area contributed by atoms with Crippen LogP contribution in [0.15, 0.2) is 12.1 Å². The molecule has 1 aliphatic heterocycles. The Morgan fingerprint density at radius 2 is 2.25 bits per heavy atom. The van der Waals surface area contributed by atoms with Crippen LogP contribution in [-0.2, 0) is 6.54 Å². The maximum absolute atomic E-state index is 11.1. The number of carbonyl (C=O) groups is 2. The zero-order valence-corrected chi connectivity index (χ0v) is 6.28. The zero-order valence-electron chi connectivity index (χ0n) is 6.28. The molecular formula is C8H7NO3. The van der Waals surface area contributed by atoms with Crippen molar-refractivity contribution in [1.29, 1.82) is 0 Å². The Balaban J connectivity index is 2.56. The maximum Gasteiger partial charge on any atom is 0.352 e. The van der Waals surface area contributed by atoms with Gasteiger partial charge in [-0.15, -0.1) is 0 Å². The highest BCUT2D eigenvalue weighted by Gasteiger charge is 2.23. The van der Waals surface area contributed by atoms with Gasteiger partial charge in [-0.2, -0.15) is 0 Å². The van der Waals surface area contributed by atoms with Crippen LogP contribution in [0.5, 0.6) is 0 Å². The van der Waals surface area contributed by atoms with Crippen molar-refractivity contribution >= 4 is 11.8 Å². The van der Waals surface area contributed by atoms with Crippen LogP contribution in [0.2, 0.25) is 0 Å². The summed E-state index contributed by atoms with van der Waals surface area (Å²) in [6, 6.07) is 3.04. The van der Waals surface area contributed by atoms with Gasteiger partial charge in [0.25, 0.3) is 0 Å². The molecule has 62 valence electrons. The van der Waals surface area contributed by atoms with E-state index in [0.29, 0.717) is 18.7 Å². The average Bonchev–Trinajstić information content (AvgIpc) is 2.53. The fourth-order valence-corrected chi connectivity index (χ4v) is 1.48. The molecule has 1 aromatic heterocycles. The third kappa shape index (κ3) is 0.777. The van der Waals surface area contributed by atoms with E-state index in [0.717, 1.165) is 0 Å². The normalized spacial score (nSPS) is 14.8. The molecule has 0 aromatic carbocycles. The summed E-state index contributed by atoms with van der Waals surface area (Å²) in [5.41, 5.74) is 0.725. The van der Waals surface area contributed by atoms with Crippen LogP contribution in [0, 0.1) is 0 Å². The number of carbonyl (C=O) groups excluding carboxylic acids is 1. The molecule has 1 N–H and O–H groups in total. The lowest BCUT2D eigenvalue weighted by molar-refractivity contribution is 0.0685. The molecule has 0 atom stereocenters. The van der Waals surface area contributed by atoms with Crippen LogP contribution < -0.4 is 0 Å². The van der Waals surface area contributed by atoms with Crippen LogP contribution in [-0.4, -0.2) is 21.4 Å². The minimum Gasteiger partial charge on any atom is -0.477 e. The lowest BCUT2D eigenvalue weighted by Crippen LogP contribution is -2.05. The molecule has 2 heterocycles. The van der Waals surface area contributed by atoms with Crippen LogP contribution >= 0.6 is 0 Å². The van der Waals surface area contributed by atoms with Crippen LogP contribution in [0.4, 0.5) is 0 Å². The molecule has 0 radical (unpaired) electrons. The van der Waals surface area contributed by atoms with Gasteiger partial charge in [-0.3, -0.25) is 4.79 Å². The summed E-state index contributed by atoms with van der Waals surface area (Å²) >= 11 is 0. The highest BCUT2D eigenvalue weighted by molar-refractivity contribution is 5.99. The first-order valence-electron chi connectivity index (χ1n) is 3.66. The lowest BCUT2D eigenvalue weighted by Gasteiger charge is -1.98. The number of ketones is 1. The van der Waals surface area contributed by atoms with Gasteiger partial charge in [-0.05, 0) is 12.1 Å². The number of fused-ring (bicyclic) bond motifs is 1. The van der Waals surface area contributed by atoms with Gasteiger partial charge in [0.05, 0.1) is 5.69 Å². The molecule has 4 heteroatoms. The first-order valence-corrected chi connectivity index (χ1v) is 3.66. The zero-order chi connectivity index (χ0) is 8.72. The standard InChI is InChI=1S/C8H7NO3/c10-7-3-4-9-5(7)1-2-6(9)8(11)12/h1-2H,3-4H2,(H,11,12). The van der Waals surface area contributed by atoms with E-state index in [9.17, 15) is 9.59 Å². The predicted octanol–water partition coefficient (Wildman–Crippen LogP) is 0.773. The fraction of sp³-hybridized carbons (Fsp3) is 0.250. The summed E-state index contributed by atoms with van der Waals surface area (Å²) < 4.78 is 1.55. The lowest BCUT2D eigenvalue weighted by atomic mass is 10.3. The number of hydrogen-bond donors (Lipinski definition) is 1. The monoisotopic (exact) mass is 165 g/mol. The molecule has 0 aliphatic carbocycles. The molecule has 0 bridgehead atoms. The number of carboxylic acid groups (broad SMARTS) is 1. The van der Waals surface area contributed by atoms with E-state index in [-0.39, 0.29) is 11.5 Å². The largest absolute Gasteiger partial charge is 0.477 e. The molecule has 12 heavy (non-hydrogen) atoms. The number of aromatic nitrogens is 1. The number of aromatic carboxylic acids is 1. The quantitative estimate of drug-likeness (QED) is 0.668. The molecule has 4 nitrogen and oxygen atoms in total. The summed E-state index contributed by atoms with van der Waals surface area (Å²) in [5, 5.41) is 8.69. The Labute approximate surface area is 68.4 Å². The van der Waals surface area contributed by atoms with Crippen LogP contribution in [0.25, 0.3) is 0 Å². The molecule has 0 saturated carbocycles. The average molecular weight is 165 g/mol. The molecule has 0 spiro atoms. The SMILES string of the molecule is O=C(O)c1ccc2n1CCC2=O. The van der Waals surface area contributed by atoms with Crippen molar-refractivity contribution < 1.29 is 14.7 Å². The maximum atomic E-state index is 11.1. The fourth-order valence-electron chi connectivity index (χ4n) is 1.48. The number of rotatable bonds is 1. The first-order chi connectivity index (χ1) is 5.70. The molecule has 0 amide bonds. The van der Waals surface area contributed by atoms with Crippen LogP contribution in [0.1, 0.15) is 27.4 Å². The van der Waals surface area contributed by atoms with Crippen LogP contribution in [0.3, 0.4) is 0 Å². The Bertz CT molecular complexity index is 364. The van der Waals surface area contributed by atoms with E-state index in [1.807, 2.05) is 0 Å². The summed E-state index contributed by atoms with van der Waals surface area (Å²) in [4.78, 5) is 21.7. The van der Waals surface area contributed by atoms with Crippen molar-refractivity contribution in [2.75, 3.05) is 0 Å². The second-order valence-electron chi connectivity index (χ2n) is 2.73. The summed E-state index contributed by atoms with van der Waals surface area (Å²) in [7, 11) is 0. The van der Waals surface area contributed by atoms with Crippen molar-refractivity contribution in [2.45, 2.75) is 13.0 Å². The Hall–Kier alpha value is -1.58. The summed E-state index contributed by atoms with van der Waals surface area (Å²) in [6.45, 7) is 0.503. The summed E-state index contributed by atoms with van der Waals surface area (Å²) in [6.07, 6.45) is 0.427. The van der Waals surface area contributed by atoms with Crippen molar-refractivity contribution in [2.24, 2.45) is 0 Å². The minimum absolute atomic E-state index is 0.0301. The number of nitrogens with zero attached hydrogens (tertiary/aromatic N) is 1. The predicted molar refractivity (Wildman–Crippen MR) is 40.3 cm³/mol. The molecule has 0 fully saturated rings. The van der Waals surface area contributed by atoms with E-state index < -0.39 is 5.97 Å². The van der Waals surface area contributed by atoms with E-state index >= 15 is 0 Å². The van der Waals surface area contributed by atoms with Crippen molar-refractivity contribution in [3.63, 3.8) is 0 Å². The van der Waals surface area contributed by atoms with E-state index in [1.54, 1.807) is 10.6 Å². The van der Waals surface area contributed by atoms with E-state index in [1.165, 1.54) is 6.07 Å². The highest BCUT2D eigenvalue weighted by Crippen LogP contribution is 2.18. The van der Waals surface area contributed by atoms with Gasteiger partial charge in [-0.1, -0.05) is 0 Å². The number of hydrogen-bond acceptors (Lipinski definition) is 2. The van der Waals surface area contributed by atoms with Gasteiger partial charge in [-0.25, -0.2) is 4.79 Å². The second kappa shape index (κ2) is 2.20. The van der Waals surface area contributed by atoms with Gasteiger partial charge in [0, 0.05) is 13.0 Å². The Morgan fingerprint density at radius 1 is 1.50 bits per heavy atom. The first kappa shape index (κ1) is 7.09. The molecule has 0 unspecified atom stereocenters. The van der Waals surface area contributed by atoms with Gasteiger partial charge in [0.1, 0.15) is 5.69 Å².